The van der Waals surface area contributed by atoms with Crippen LogP contribution in [0.5, 0.6) is 11.5 Å². The third-order valence-electron chi connectivity index (χ3n) is 4.78. The van der Waals surface area contributed by atoms with E-state index in [1.54, 1.807) is 48.9 Å². The van der Waals surface area contributed by atoms with Gasteiger partial charge in [-0.05, 0) is 55.0 Å². The number of benzene rings is 3. The van der Waals surface area contributed by atoms with Gasteiger partial charge in [0.05, 0.1) is 29.0 Å². The topological polar surface area (TPSA) is 116 Å². The molecular formula is C25H19FN4O5S. The van der Waals surface area contributed by atoms with Crippen LogP contribution in [-0.2, 0) is 0 Å². The number of nitrogens with one attached hydrogen (secondary N) is 1. The molecule has 9 nitrogen and oxygen atoms in total. The van der Waals surface area contributed by atoms with Crippen LogP contribution in [0.2, 0.25) is 0 Å². The van der Waals surface area contributed by atoms with Gasteiger partial charge in [0.25, 0.3) is 5.69 Å². The number of thiazole rings is 1. The minimum Gasteiger partial charge on any atom is -0.490 e. The van der Waals surface area contributed by atoms with Crippen molar-refractivity contribution < 1.29 is 23.6 Å². The Hall–Kier alpha value is -4.64. The number of nitro groups is 1. The first-order valence-corrected chi connectivity index (χ1v) is 11.5. The van der Waals surface area contributed by atoms with Crippen LogP contribution in [0, 0.1) is 15.9 Å². The maximum Gasteiger partial charge on any atom is 0.343 e. The maximum absolute atomic E-state index is 13.1. The quantitative estimate of drug-likeness (QED) is 0.0984. The van der Waals surface area contributed by atoms with Crippen molar-refractivity contribution in [1.29, 1.82) is 0 Å². The zero-order chi connectivity index (χ0) is 25.5. The number of non-ortho nitro benzene ring substituents is 1. The molecule has 0 spiro atoms. The lowest BCUT2D eigenvalue weighted by Gasteiger charge is -2.11. The van der Waals surface area contributed by atoms with Crippen LogP contribution in [0.25, 0.3) is 11.3 Å². The van der Waals surface area contributed by atoms with Gasteiger partial charge in [-0.3, -0.25) is 15.5 Å². The number of hydrogen-bond acceptors (Lipinski definition) is 9. The van der Waals surface area contributed by atoms with Gasteiger partial charge in [-0.15, -0.1) is 11.3 Å². The Morgan fingerprint density at radius 1 is 1.17 bits per heavy atom. The Kier molecular flexibility index (Phi) is 7.61. The molecule has 0 bridgehead atoms. The molecule has 1 N–H and O–H groups in total. The molecule has 0 amide bonds. The molecular weight excluding hydrogens is 487 g/mol. The van der Waals surface area contributed by atoms with Crippen LogP contribution in [0.1, 0.15) is 22.8 Å². The number of anilines is 1. The highest BCUT2D eigenvalue weighted by molar-refractivity contribution is 7.14. The molecule has 4 aromatic rings. The summed E-state index contributed by atoms with van der Waals surface area (Å²) in [6.07, 6.45) is 1.54. The summed E-state index contributed by atoms with van der Waals surface area (Å²) in [7, 11) is 0. The van der Waals surface area contributed by atoms with Crippen LogP contribution in [0.15, 0.2) is 77.2 Å². The molecule has 182 valence electrons. The van der Waals surface area contributed by atoms with E-state index in [2.05, 4.69) is 15.5 Å². The van der Waals surface area contributed by atoms with Gasteiger partial charge in [0.2, 0.25) is 5.13 Å². The Bertz CT molecular complexity index is 1420. The first kappa shape index (κ1) is 24.5. The molecule has 0 aliphatic heterocycles. The molecule has 1 aromatic heterocycles. The van der Waals surface area contributed by atoms with Crippen molar-refractivity contribution >= 4 is 34.3 Å². The Labute approximate surface area is 209 Å². The fourth-order valence-electron chi connectivity index (χ4n) is 3.10. The Morgan fingerprint density at radius 2 is 1.97 bits per heavy atom. The highest BCUT2D eigenvalue weighted by Gasteiger charge is 2.14. The average molecular weight is 507 g/mol. The number of rotatable bonds is 9. The number of esters is 1. The lowest BCUT2D eigenvalue weighted by atomic mass is 10.1. The summed E-state index contributed by atoms with van der Waals surface area (Å²) in [4.78, 5) is 27.3. The van der Waals surface area contributed by atoms with E-state index in [-0.39, 0.29) is 17.0 Å². The zero-order valence-corrected chi connectivity index (χ0v) is 19.7. The summed E-state index contributed by atoms with van der Waals surface area (Å²) in [5, 5.41) is 17.4. The fourth-order valence-corrected chi connectivity index (χ4v) is 3.77. The van der Waals surface area contributed by atoms with E-state index < -0.39 is 16.7 Å². The smallest absolute Gasteiger partial charge is 0.343 e. The van der Waals surface area contributed by atoms with Crippen LogP contribution in [0.4, 0.5) is 15.2 Å². The lowest BCUT2D eigenvalue weighted by molar-refractivity contribution is -0.384. The minimum absolute atomic E-state index is 0.00933. The van der Waals surface area contributed by atoms with E-state index in [1.165, 1.54) is 47.7 Å². The number of carbonyl (C=O) groups is 1. The standard InChI is InChI=1S/C25H19FN4O5S/c1-2-34-23-12-16(6-11-22(23)35-24(31)17-7-9-19(26)10-8-17)14-27-29-25-28-21(15-36-25)18-4-3-5-20(13-18)30(32)33/h3-15H,2H2,1H3,(H,28,29)/b27-14-. The van der Waals surface area contributed by atoms with E-state index in [0.29, 0.717) is 34.3 Å². The summed E-state index contributed by atoms with van der Waals surface area (Å²) >= 11 is 1.30. The number of nitro benzene ring substituents is 1. The first-order valence-electron chi connectivity index (χ1n) is 10.7. The van der Waals surface area contributed by atoms with Gasteiger partial charge in [-0.1, -0.05) is 12.1 Å². The number of hydrazone groups is 1. The van der Waals surface area contributed by atoms with E-state index in [0.717, 1.165) is 0 Å². The van der Waals surface area contributed by atoms with Crippen LogP contribution >= 0.6 is 11.3 Å². The third kappa shape index (κ3) is 6.07. The molecule has 0 aliphatic rings. The molecule has 1 heterocycles. The summed E-state index contributed by atoms with van der Waals surface area (Å²) < 4.78 is 24.1. The van der Waals surface area contributed by atoms with Gasteiger partial charge < -0.3 is 9.47 Å². The average Bonchev–Trinajstić information content (AvgIpc) is 3.35. The van der Waals surface area contributed by atoms with Crippen molar-refractivity contribution in [1.82, 2.24) is 4.98 Å². The van der Waals surface area contributed by atoms with Crippen LogP contribution in [0.3, 0.4) is 0 Å². The number of hydrogen-bond donors (Lipinski definition) is 1. The van der Waals surface area contributed by atoms with Gasteiger partial charge in [0.15, 0.2) is 11.5 Å². The monoisotopic (exact) mass is 506 g/mol. The number of aromatic nitrogens is 1. The number of nitrogens with zero attached hydrogens (tertiary/aromatic N) is 3. The van der Waals surface area contributed by atoms with E-state index in [1.807, 2.05) is 0 Å². The molecule has 36 heavy (non-hydrogen) atoms. The molecule has 0 atom stereocenters. The van der Waals surface area contributed by atoms with E-state index >= 15 is 0 Å². The van der Waals surface area contributed by atoms with Crippen LogP contribution < -0.4 is 14.9 Å². The van der Waals surface area contributed by atoms with Gasteiger partial charge in [-0.2, -0.15) is 5.10 Å². The molecule has 3 aromatic carbocycles. The van der Waals surface area contributed by atoms with Gasteiger partial charge in [-0.25, -0.2) is 14.2 Å². The Morgan fingerprint density at radius 3 is 2.72 bits per heavy atom. The molecule has 4 rings (SSSR count). The van der Waals surface area contributed by atoms with Crippen molar-refractivity contribution in [3.05, 3.63) is 99.2 Å². The number of ether oxygens (including phenoxy) is 2. The van der Waals surface area contributed by atoms with Gasteiger partial charge in [0.1, 0.15) is 5.82 Å². The molecule has 11 heteroatoms. The SMILES string of the molecule is CCOc1cc(/C=N\Nc2nc(-c3cccc([N+](=O)[O-])c3)cs2)ccc1OC(=O)c1ccc(F)cc1. The molecule has 0 fully saturated rings. The highest BCUT2D eigenvalue weighted by atomic mass is 32.1. The molecule has 0 saturated heterocycles. The third-order valence-corrected chi connectivity index (χ3v) is 5.53. The second kappa shape index (κ2) is 11.2. The van der Waals surface area contributed by atoms with Gasteiger partial charge in [0, 0.05) is 23.1 Å². The molecule has 0 saturated carbocycles. The Balaban J connectivity index is 1.43. The van der Waals surface area contributed by atoms with Crippen molar-refractivity contribution in [3.63, 3.8) is 0 Å². The molecule has 0 aliphatic carbocycles. The summed E-state index contributed by atoms with van der Waals surface area (Å²) in [5.74, 6) is -0.518. The largest absolute Gasteiger partial charge is 0.490 e. The van der Waals surface area contributed by atoms with E-state index in [4.69, 9.17) is 9.47 Å². The second-order valence-corrected chi connectivity index (χ2v) is 8.11. The minimum atomic E-state index is -0.637. The van der Waals surface area contributed by atoms with Crippen molar-refractivity contribution in [2.24, 2.45) is 5.10 Å². The summed E-state index contributed by atoms with van der Waals surface area (Å²) in [5.41, 5.74) is 4.92. The molecule has 0 radical (unpaired) electrons. The predicted octanol–water partition coefficient (Wildman–Crippen LogP) is 5.92. The second-order valence-electron chi connectivity index (χ2n) is 7.25. The highest BCUT2D eigenvalue weighted by Crippen LogP contribution is 2.30. The summed E-state index contributed by atoms with van der Waals surface area (Å²) in [6.45, 7) is 2.15. The lowest BCUT2D eigenvalue weighted by Crippen LogP contribution is -2.10. The van der Waals surface area contributed by atoms with Crippen molar-refractivity contribution in [2.45, 2.75) is 6.92 Å². The number of carbonyl (C=O) groups excluding carboxylic acids is 1. The van der Waals surface area contributed by atoms with E-state index in [9.17, 15) is 19.3 Å². The summed E-state index contributed by atoms with van der Waals surface area (Å²) in [6, 6.07) is 16.2. The first-order chi connectivity index (χ1) is 17.4. The predicted molar refractivity (Wildman–Crippen MR) is 134 cm³/mol. The normalized spacial score (nSPS) is 10.8. The van der Waals surface area contributed by atoms with Gasteiger partial charge >= 0.3 is 5.97 Å². The fraction of sp³-hybridized carbons (Fsp3) is 0.0800. The maximum atomic E-state index is 13.1. The van der Waals surface area contributed by atoms with Crippen LogP contribution in [-0.4, -0.2) is 28.7 Å². The number of halogens is 1. The van der Waals surface area contributed by atoms with Crippen molar-refractivity contribution in [3.8, 4) is 22.8 Å². The molecule has 0 unspecified atom stereocenters. The zero-order valence-electron chi connectivity index (χ0n) is 18.9. The van der Waals surface area contributed by atoms with Crippen molar-refractivity contribution in [2.75, 3.05) is 12.0 Å².